The smallest absolute Gasteiger partial charge is 0.276 e. The average Bonchev–Trinajstić information content (AvgIpc) is 3.97. The number of hydrogen-bond acceptors (Lipinski definition) is 12. The molecule has 19 nitrogen and oxygen atoms in total. The Balaban J connectivity index is 1.12. The molecular weight excluding hydrogens is 833 g/mol. The Hall–Kier alpha value is -6.86. The van der Waals surface area contributed by atoms with Gasteiger partial charge in [0.15, 0.2) is 0 Å². The lowest BCUT2D eigenvalue weighted by Crippen LogP contribution is -2.48. The van der Waals surface area contributed by atoms with Gasteiger partial charge in [-0.25, -0.2) is 9.98 Å². The molecule has 0 bridgehead atoms. The molecule has 3 aromatic heterocycles. The number of anilines is 1. The van der Waals surface area contributed by atoms with Gasteiger partial charge in [0.25, 0.3) is 11.8 Å². The van der Waals surface area contributed by atoms with Crippen LogP contribution in [-0.2, 0) is 24.4 Å². The number of nitrogens with one attached hydrogen (secondary N) is 2. The van der Waals surface area contributed by atoms with Crippen LogP contribution >= 0.6 is 0 Å². The van der Waals surface area contributed by atoms with Crippen LogP contribution in [0.5, 0.6) is 11.5 Å². The van der Waals surface area contributed by atoms with Gasteiger partial charge in [0.05, 0.1) is 49.0 Å². The van der Waals surface area contributed by atoms with Gasteiger partial charge in [-0.3, -0.25) is 38.8 Å². The minimum atomic E-state index is -0.657. The van der Waals surface area contributed by atoms with Crippen LogP contribution in [-0.4, -0.2) is 110 Å². The number of amidine groups is 1. The van der Waals surface area contributed by atoms with Gasteiger partial charge in [-0.15, -0.1) is 0 Å². The molecule has 0 radical (unpaired) electrons. The van der Waals surface area contributed by atoms with Crippen LogP contribution in [0, 0.1) is 31.6 Å². The normalized spacial score (nSPS) is 21.3. The number of carbonyl (C=O) groups excluding carboxylic acids is 4. The van der Waals surface area contributed by atoms with Crippen molar-refractivity contribution in [2.75, 3.05) is 51.4 Å². The van der Waals surface area contributed by atoms with Crippen molar-refractivity contribution in [3.05, 3.63) is 88.0 Å². The van der Waals surface area contributed by atoms with Crippen molar-refractivity contribution >= 4 is 52.1 Å². The Morgan fingerprint density at radius 1 is 0.800 bits per heavy atom. The number of morpholine rings is 1. The summed E-state index contributed by atoms with van der Waals surface area (Å²) in [6.07, 6.45) is 5.50. The van der Waals surface area contributed by atoms with E-state index in [0.717, 1.165) is 30.8 Å². The van der Waals surface area contributed by atoms with Crippen LogP contribution in [0.2, 0.25) is 0 Å². The number of amides is 4. The van der Waals surface area contributed by atoms with Crippen LogP contribution in [0.3, 0.4) is 0 Å². The predicted molar refractivity (Wildman–Crippen MR) is 241 cm³/mol. The molecule has 1 aliphatic carbocycles. The fraction of sp³-hybridized carbons (Fsp3) is 0.435. The third kappa shape index (κ3) is 8.60. The van der Waals surface area contributed by atoms with Gasteiger partial charge in [0.2, 0.25) is 17.8 Å². The first-order valence-electron chi connectivity index (χ1n) is 22.2. The number of allylic oxidation sites excluding steroid dienone is 2. The van der Waals surface area contributed by atoms with E-state index in [9.17, 15) is 19.2 Å². The molecule has 1 saturated heterocycles. The quantitative estimate of drug-likeness (QED) is 0.154. The highest BCUT2D eigenvalue weighted by molar-refractivity contribution is 6.09. The van der Waals surface area contributed by atoms with Gasteiger partial charge in [-0.2, -0.15) is 10.2 Å². The van der Waals surface area contributed by atoms with E-state index in [1.165, 1.54) is 0 Å². The molecule has 4 atom stereocenters. The second-order valence-corrected chi connectivity index (χ2v) is 17.1. The first-order valence-corrected chi connectivity index (χ1v) is 22.2. The molecule has 5 aromatic rings. The number of aromatic nitrogens is 6. The maximum Gasteiger partial charge on any atom is 0.276 e. The van der Waals surface area contributed by atoms with Gasteiger partial charge in [0, 0.05) is 73.7 Å². The van der Waals surface area contributed by atoms with E-state index in [-0.39, 0.29) is 65.8 Å². The van der Waals surface area contributed by atoms with E-state index in [2.05, 4.69) is 31.8 Å². The number of imidazole rings is 1. The predicted octanol–water partition coefficient (Wildman–Crippen LogP) is 4.10. The van der Waals surface area contributed by atoms with E-state index in [1.54, 1.807) is 45.8 Å². The van der Waals surface area contributed by atoms with E-state index in [1.807, 2.05) is 38.3 Å². The van der Waals surface area contributed by atoms with Crippen molar-refractivity contribution in [1.82, 2.24) is 39.3 Å². The van der Waals surface area contributed by atoms with Gasteiger partial charge in [-0.05, 0) is 82.9 Å². The second-order valence-electron chi connectivity index (χ2n) is 17.1. The molecular formula is C46H54N12O7. The van der Waals surface area contributed by atoms with E-state index >= 15 is 0 Å². The number of ether oxygens (including phenoxy) is 3. The number of carbonyl (C=O) groups is 4. The summed E-state index contributed by atoms with van der Waals surface area (Å²) in [6.45, 7) is 12.4. The van der Waals surface area contributed by atoms with Crippen molar-refractivity contribution in [2.45, 2.75) is 66.1 Å². The molecule has 4 amide bonds. The fourth-order valence-electron chi connectivity index (χ4n) is 9.56. The summed E-state index contributed by atoms with van der Waals surface area (Å²) in [5.74, 6) is -0.746. The number of hydrogen-bond donors (Lipinski definition) is 4. The zero-order valence-corrected chi connectivity index (χ0v) is 37.0. The van der Waals surface area contributed by atoms with Crippen molar-refractivity contribution in [1.29, 1.82) is 0 Å². The minimum absolute atomic E-state index is 0.105. The lowest BCUT2D eigenvalue weighted by molar-refractivity contribution is 0.0213. The molecule has 6 N–H and O–H groups in total. The van der Waals surface area contributed by atoms with Crippen LogP contribution in [0.15, 0.2) is 53.5 Å². The molecule has 2 fully saturated rings. The highest BCUT2D eigenvalue weighted by Crippen LogP contribution is 2.57. The molecule has 1 saturated carbocycles. The van der Waals surface area contributed by atoms with Crippen molar-refractivity contribution < 1.29 is 33.4 Å². The zero-order chi connectivity index (χ0) is 45.5. The highest BCUT2D eigenvalue weighted by atomic mass is 16.5. The van der Waals surface area contributed by atoms with E-state index in [4.69, 9.17) is 35.7 Å². The summed E-state index contributed by atoms with van der Waals surface area (Å²) in [4.78, 5) is 65.4. The third-order valence-corrected chi connectivity index (χ3v) is 12.7. The largest absolute Gasteiger partial charge is 0.493 e. The maximum absolute atomic E-state index is 13.9. The van der Waals surface area contributed by atoms with Gasteiger partial charge >= 0.3 is 0 Å². The number of benzene rings is 2. The molecule has 6 heterocycles. The molecule has 4 aliphatic rings. The number of aryl methyl sites for hydroxylation is 4. The highest BCUT2D eigenvalue weighted by Gasteiger charge is 2.49. The SMILES string of the molecule is CCn1nc(C)cc1C(=O)NC1=Nc2cc(C(N)=O)cc3c2C2[C@@H](C/C=C/Cn4c(NC(=O)c5cc(C)nn5CC)nc5cc(C(N)=O)cc(c54)OCC(CN4CCOCC4)CO3)C[C@@H]12. The van der Waals surface area contributed by atoms with Gasteiger partial charge in [-0.1, -0.05) is 12.2 Å². The van der Waals surface area contributed by atoms with Crippen LogP contribution < -0.4 is 31.6 Å². The fourth-order valence-corrected chi connectivity index (χ4v) is 9.56. The first kappa shape index (κ1) is 43.4. The lowest BCUT2D eigenvalue weighted by atomic mass is 9.58. The van der Waals surface area contributed by atoms with E-state index in [0.29, 0.717) is 97.0 Å². The van der Waals surface area contributed by atoms with Gasteiger partial charge in [0.1, 0.15) is 34.2 Å². The summed E-state index contributed by atoms with van der Waals surface area (Å²) in [5, 5.41) is 15.1. The minimum Gasteiger partial charge on any atom is -0.493 e. The maximum atomic E-state index is 13.9. The molecule has 2 unspecified atom stereocenters. The number of aliphatic imine (C=N–C) groups is 1. The first-order chi connectivity index (χ1) is 31.4. The summed E-state index contributed by atoms with van der Waals surface area (Å²) >= 11 is 0. The van der Waals surface area contributed by atoms with Crippen LogP contribution in [0.4, 0.5) is 11.6 Å². The lowest BCUT2D eigenvalue weighted by Gasteiger charge is -2.48. The molecule has 3 aliphatic heterocycles. The summed E-state index contributed by atoms with van der Waals surface area (Å²) in [6, 6.07) is 10.1. The Morgan fingerprint density at radius 3 is 2.09 bits per heavy atom. The topological polar surface area (TPSA) is 241 Å². The standard InChI is InChI=1S/C46H54N12O7/c1-5-57-34(15-25(3)53-57)44(61)51-43-31-17-28-9-7-8-10-56-40-33(50-46(56)52-45(62)35-16-26(4)54-58(35)6-2)19-30(42(48)60)21-37(40)65-24-27(22-55-11-13-63-14-12-55)23-64-36-20-29(41(47)59)18-32(49-43)39(36)38(28)31/h7-8,15-16,18-21,27-28,31,38H,5-6,9-14,17,22-24H2,1-4H3,(H2,47,59)(H2,48,60)(H,49,51,61)(H,50,52,62)/b8-7+/t27?,28-,31+,38?/m0/s1. The van der Waals surface area contributed by atoms with Gasteiger partial charge < -0.3 is 35.6 Å². The summed E-state index contributed by atoms with van der Waals surface area (Å²) in [7, 11) is 0. The molecule has 9 rings (SSSR count). The summed E-state index contributed by atoms with van der Waals surface area (Å²) in [5.41, 5.74) is 16.8. The molecule has 0 spiro atoms. The Kier molecular flexibility index (Phi) is 12.0. The molecule has 65 heavy (non-hydrogen) atoms. The Morgan fingerprint density at radius 2 is 1.43 bits per heavy atom. The second kappa shape index (κ2) is 18.0. The van der Waals surface area contributed by atoms with Crippen LogP contribution in [0.1, 0.15) is 91.3 Å². The Labute approximate surface area is 375 Å². The molecule has 19 heteroatoms. The monoisotopic (exact) mass is 886 g/mol. The van der Waals surface area contributed by atoms with E-state index < -0.39 is 11.8 Å². The average molecular weight is 887 g/mol. The number of nitrogens with zero attached hydrogens (tertiary/aromatic N) is 8. The Bertz CT molecular complexity index is 2760. The van der Waals surface area contributed by atoms with Crippen molar-refractivity contribution in [3.63, 3.8) is 0 Å². The number of rotatable bonds is 9. The zero-order valence-electron chi connectivity index (χ0n) is 37.0. The van der Waals surface area contributed by atoms with Crippen molar-refractivity contribution in [2.24, 2.45) is 34.2 Å². The van der Waals surface area contributed by atoms with Crippen LogP contribution in [0.25, 0.3) is 11.0 Å². The van der Waals surface area contributed by atoms with Crippen molar-refractivity contribution in [3.8, 4) is 11.5 Å². The summed E-state index contributed by atoms with van der Waals surface area (Å²) < 4.78 is 24.3. The number of primary amides is 2. The molecule has 340 valence electrons. The molecule has 2 aromatic carbocycles. The third-order valence-electron chi connectivity index (χ3n) is 12.7. The number of nitrogens with two attached hydrogens (primary N) is 2.